The first-order valence-corrected chi connectivity index (χ1v) is 2.88. The summed E-state index contributed by atoms with van der Waals surface area (Å²) in [6, 6.07) is 0. The van der Waals surface area contributed by atoms with Crippen molar-refractivity contribution in [1.29, 1.82) is 0 Å². The second kappa shape index (κ2) is 11.3. The molecule has 65 valence electrons. The third-order valence-corrected chi connectivity index (χ3v) is 0. The van der Waals surface area contributed by atoms with Gasteiger partial charge in [0.15, 0.2) is 0 Å². The third-order valence-electron chi connectivity index (χ3n) is 0. The van der Waals surface area contributed by atoms with Gasteiger partial charge in [-0.05, 0) is 0 Å². The van der Waals surface area contributed by atoms with Crippen LogP contribution in [0.15, 0.2) is 0 Å². The second-order valence-electron chi connectivity index (χ2n) is 0.448. The van der Waals surface area contributed by atoms with Crippen molar-refractivity contribution in [2.45, 2.75) is 0 Å². The summed E-state index contributed by atoms with van der Waals surface area (Å²) in [6.45, 7) is 0. The van der Waals surface area contributed by atoms with Crippen LogP contribution in [0, 0.1) is 0 Å². The Morgan fingerprint density at radius 1 is 1.00 bits per heavy atom. The van der Waals surface area contributed by atoms with E-state index in [0.29, 0.717) is 0 Å². The number of rotatable bonds is 0. The van der Waals surface area contributed by atoms with Crippen LogP contribution in [0.25, 0.3) is 0 Å². The molecule has 0 aliphatic rings. The topological polar surface area (TPSA) is 166 Å². The van der Waals surface area contributed by atoms with Crippen molar-refractivity contribution in [2.24, 2.45) is 0 Å². The fourth-order valence-corrected chi connectivity index (χ4v) is 0. The van der Waals surface area contributed by atoms with Crippen LogP contribution >= 0.6 is 0 Å². The molecule has 6 N–H and O–H groups in total. The van der Waals surface area contributed by atoms with Crippen LogP contribution in [0.1, 0.15) is 0 Å². The van der Waals surface area contributed by atoms with Crippen LogP contribution in [0.5, 0.6) is 0 Å². The molecule has 0 atom stereocenters. The molecule has 0 aliphatic carbocycles. The molecule has 0 fully saturated rings. The quantitative estimate of drug-likeness (QED) is 0.422. The Morgan fingerprint density at radius 3 is 1.00 bits per heavy atom. The summed E-state index contributed by atoms with van der Waals surface area (Å²) in [4.78, 5) is 0. The molecular formula is H6CrCuO7. The third kappa shape index (κ3) is 1720. The number of hydrogen-bond donors (Lipinski definition) is 2. The van der Waals surface area contributed by atoms with E-state index in [1.807, 2.05) is 0 Å². The Hall–Kier alpha value is 0.452. The molecule has 0 heterocycles. The van der Waals surface area contributed by atoms with Crippen LogP contribution in [0.4, 0.5) is 0 Å². The van der Waals surface area contributed by atoms with Gasteiger partial charge < -0.3 is 16.4 Å². The molecule has 0 saturated carbocycles. The zero-order chi connectivity index (χ0) is 4.50. The molecule has 9 heteroatoms. The first-order valence-electron chi connectivity index (χ1n) is 0.698. The summed E-state index contributed by atoms with van der Waals surface area (Å²) in [5.74, 6) is 0. The van der Waals surface area contributed by atoms with Crippen molar-refractivity contribution >= 4 is 0 Å². The van der Waals surface area contributed by atoms with E-state index in [4.69, 9.17) is 15.9 Å². The van der Waals surface area contributed by atoms with E-state index < -0.39 is 13.6 Å². The van der Waals surface area contributed by atoms with Crippen LogP contribution in [-0.4, -0.2) is 19.3 Å². The fourth-order valence-electron chi connectivity index (χ4n) is 0. The van der Waals surface area contributed by atoms with Crippen molar-refractivity contribution in [3.05, 3.63) is 0 Å². The van der Waals surface area contributed by atoms with Gasteiger partial charge in [0.25, 0.3) is 0 Å². The number of hydrogen-bond acceptors (Lipinski definition) is 2. The standard InChI is InChI=1S/Cr.Cu.4H2O.3O/h;;4*1H2;;;/q2*+2;;;;;;;-2/p-2. The van der Waals surface area contributed by atoms with E-state index in [1.54, 1.807) is 0 Å². The van der Waals surface area contributed by atoms with Gasteiger partial charge in [0, 0.05) is 0 Å². The Labute approximate surface area is 63.5 Å². The Bertz CT molecular complexity index is 92.1. The van der Waals surface area contributed by atoms with Gasteiger partial charge in [-0.1, -0.05) is 0 Å². The van der Waals surface area contributed by atoms with Gasteiger partial charge in [-0.3, -0.25) is 0 Å². The summed E-state index contributed by atoms with van der Waals surface area (Å²) in [5.41, 5.74) is 0. The molecule has 0 aliphatic heterocycles. The minimum absolute atomic E-state index is 0. The average Bonchev–Trinajstić information content (AvgIpc) is 0.722. The van der Waals surface area contributed by atoms with Gasteiger partial charge in [0.1, 0.15) is 0 Å². The van der Waals surface area contributed by atoms with Crippen LogP contribution < -0.4 is 0 Å². The molecule has 0 bridgehead atoms. The predicted octanol–water partition coefficient (Wildman–Crippen LogP) is -3.12. The monoisotopic (exact) mass is 233 g/mol. The zero-order valence-electron chi connectivity index (χ0n) is 3.83. The minimum atomic E-state index is -5.25. The maximum absolute atomic E-state index is 8.82. The zero-order valence-corrected chi connectivity index (χ0v) is 6.05. The molecule has 0 aromatic carbocycles. The van der Waals surface area contributed by atoms with Crippen LogP contribution in [0.3, 0.4) is 0 Å². The van der Waals surface area contributed by atoms with Crippen LogP contribution in [-0.2, 0) is 43.8 Å². The van der Waals surface area contributed by atoms with E-state index in [1.165, 1.54) is 0 Å². The van der Waals surface area contributed by atoms with Gasteiger partial charge >= 0.3 is 46.6 Å². The molecule has 0 rings (SSSR count). The second-order valence-corrected chi connectivity index (χ2v) is 1.85. The van der Waals surface area contributed by atoms with Gasteiger partial charge in [0.05, 0.1) is 0 Å². The van der Waals surface area contributed by atoms with Crippen molar-refractivity contribution in [2.75, 3.05) is 0 Å². The van der Waals surface area contributed by atoms with E-state index >= 15 is 0 Å². The Balaban J connectivity index is -0.0000000133. The van der Waals surface area contributed by atoms with Gasteiger partial charge in [-0.25, -0.2) is 0 Å². The summed E-state index contributed by atoms with van der Waals surface area (Å²) in [7, 11) is 0. The van der Waals surface area contributed by atoms with E-state index in [9.17, 15) is 0 Å². The van der Waals surface area contributed by atoms with Crippen molar-refractivity contribution < 1.29 is 63.0 Å². The Kier molecular flexibility index (Phi) is 42.7. The average molecular weight is 234 g/mol. The molecule has 7 nitrogen and oxygen atoms in total. The molecule has 0 unspecified atom stereocenters. The summed E-state index contributed by atoms with van der Waals surface area (Å²) >= 11 is -5.25. The molecule has 1 radical (unpaired) electrons. The van der Waals surface area contributed by atoms with E-state index in [2.05, 4.69) is 0 Å². The van der Waals surface area contributed by atoms with Crippen molar-refractivity contribution in [1.82, 2.24) is 0 Å². The fraction of sp³-hybridized carbons (Fsp3) is 0. The molecule has 0 amide bonds. The molecule has 0 saturated heterocycles. The van der Waals surface area contributed by atoms with Crippen molar-refractivity contribution in [3.63, 3.8) is 0 Å². The van der Waals surface area contributed by atoms with Gasteiger partial charge in [0.2, 0.25) is 0 Å². The molecule has 0 spiro atoms. The first-order chi connectivity index (χ1) is 2.00. The SMILES string of the molecule is O.O.[Cu+2].[O-2].[O]=[Cr](=[O])([OH])[OH]. The normalized spacial score (nSPS) is 6.44. The van der Waals surface area contributed by atoms with E-state index in [-0.39, 0.29) is 33.5 Å². The van der Waals surface area contributed by atoms with Crippen molar-refractivity contribution in [3.8, 4) is 0 Å². The molecule has 0 aromatic rings. The molecule has 9 heavy (non-hydrogen) atoms. The summed E-state index contributed by atoms with van der Waals surface area (Å²) in [5, 5.41) is 0. The van der Waals surface area contributed by atoms with Crippen LogP contribution in [0.2, 0.25) is 0 Å². The van der Waals surface area contributed by atoms with Gasteiger partial charge in [-0.2, -0.15) is 0 Å². The maximum atomic E-state index is 8.82. The summed E-state index contributed by atoms with van der Waals surface area (Å²) in [6.07, 6.45) is 0. The van der Waals surface area contributed by atoms with E-state index in [0.717, 1.165) is 0 Å². The first kappa shape index (κ1) is 34.1. The molecular weight excluding hydrogens is 228 g/mol. The van der Waals surface area contributed by atoms with Gasteiger partial charge in [-0.15, -0.1) is 0 Å². The summed E-state index contributed by atoms with van der Waals surface area (Å²) < 4.78 is 31.9. The Morgan fingerprint density at radius 2 is 1.00 bits per heavy atom. The molecule has 0 aromatic heterocycles. The predicted molar refractivity (Wildman–Crippen MR) is 13.7 cm³/mol.